The Labute approximate surface area is 143 Å². The molecule has 1 atom stereocenters. The molecule has 1 fully saturated rings. The van der Waals surface area contributed by atoms with Gasteiger partial charge in [0, 0.05) is 38.1 Å². The number of aromatic nitrogens is 2. The van der Waals surface area contributed by atoms with Gasteiger partial charge < -0.3 is 10.2 Å². The Morgan fingerprint density at radius 2 is 2.16 bits per heavy atom. The van der Waals surface area contributed by atoms with E-state index in [1.165, 1.54) is 12.1 Å². The molecule has 2 aromatic rings. The highest BCUT2D eigenvalue weighted by Crippen LogP contribution is 2.36. The predicted molar refractivity (Wildman–Crippen MR) is 88.2 cm³/mol. The molecule has 0 bridgehead atoms. The van der Waals surface area contributed by atoms with Crippen LogP contribution in [-0.2, 0) is 13.2 Å². The van der Waals surface area contributed by atoms with Crippen LogP contribution in [0.15, 0.2) is 30.6 Å². The molecule has 132 valence electrons. The fourth-order valence-corrected chi connectivity index (χ4v) is 3.10. The summed E-state index contributed by atoms with van der Waals surface area (Å²) in [5.41, 5.74) is 0.179. The summed E-state index contributed by atoms with van der Waals surface area (Å²) in [6.45, 7) is 1.45. The number of hydrogen-bond donors (Lipinski definition) is 1. The van der Waals surface area contributed by atoms with Crippen LogP contribution in [0.2, 0.25) is 0 Å². The number of aryl methyl sites for hydroxylation is 1. The summed E-state index contributed by atoms with van der Waals surface area (Å²) >= 11 is 0. The van der Waals surface area contributed by atoms with Gasteiger partial charge in [-0.25, -0.2) is 0 Å². The Kier molecular flexibility index (Phi) is 4.57. The molecular formula is C17H18F3N5. The van der Waals surface area contributed by atoms with Crippen molar-refractivity contribution in [3.63, 3.8) is 0 Å². The maximum atomic E-state index is 13.3. The summed E-state index contributed by atoms with van der Waals surface area (Å²) in [5, 5.41) is 16.0. The highest BCUT2D eigenvalue weighted by atomic mass is 19.4. The van der Waals surface area contributed by atoms with E-state index in [2.05, 4.69) is 15.3 Å². The van der Waals surface area contributed by atoms with Crippen LogP contribution in [0.5, 0.6) is 0 Å². The number of hydrogen-bond acceptors (Lipinski definition) is 4. The lowest BCUT2D eigenvalue weighted by Gasteiger charge is -2.34. The predicted octanol–water partition coefficient (Wildman–Crippen LogP) is 3.39. The maximum Gasteiger partial charge on any atom is 0.418 e. The summed E-state index contributed by atoms with van der Waals surface area (Å²) in [6.07, 6.45) is 0.807. The van der Waals surface area contributed by atoms with Gasteiger partial charge in [0.05, 0.1) is 29.1 Å². The SMILES string of the molecule is Cn1cc(N2CCCC(Nc3ccc(C#N)cc3C(F)(F)F)C2)cn1. The van der Waals surface area contributed by atoms with E-state index in [0.717, 1.165) is 31.1 Å². The quantitative estimate of drug-likeness (QED) is 0.923. The second-order valence-electron chi connectivity index (χ2n) is 6.17. The first-order valence-corrected chi connectivity index (χ1v) is 7.98. The van der Waals surface area contributed by atoms with Crippen molar-refractivity contribution in [2.45, 2.75) is 25.1 Å². The van der Waals surface area contributed by atoms with Crippen molar-refractivity contribution in [2.24, 2.45) is 7.05 Å². The molecule has 3 rings (SSSR count). The zero-order valence-electron chi connectivity index (χ0n) is 13.7. The molecule has 1 saturated heterocycles. The average Bonchev–Trinajstić information content (AvgIpc) is 3.01. The summed E-state index contributed by atoms with van der Waals surface area (Å²) in [5.74, 6) is 0. The van der Waals surface area contributed by atoms with E-state index < -0.39 is 11.7 Å². The number of rotatable bonds is 3. The van der Waals surface area contributed by atoms with E-state index in [9.17, 15) is 13.2 Å². The van der Waals surface area contributed by atoms with Gasteiger partial charge in [-0.3, -0.25) is 4.68 Å². The second-order valence-corrected chi connectivity index (χ2v) is 6.17. The first-order valence-electron chi connectivity index (χ1n) is 7.98. The first-order chi connectivity index (χ1) is 11.9. The van der Waals surface area contributed by atoms with Gasteiger partial charge in [0.15, 0.2) is 0 Å². The minimum Gasteiger partial charge on any atom is -0.380 e. The van der Waals surface area contributed by atoms with Gasteiger partial charge in [-0.1, -0.05) is 0 Å². The lowest BCUT2D eigenvalue weighted by molar-refractivity contribution is -0.137. The van der Waals surface area contributed by atoms with E-state index in [1.54, 1.807) is 16.9 Å². The number of halogens is 3. The minimum absolute atomic E-state index is 0.00138. The van der Waals surface area contributed by atoms with Gasteiger partial charge in [0.2, 0.25) is 0 Å². The Hall–Kier alpha value is -2.69. The molecule has 25 heavy (non-hydrogen) atoms. The lowest BCUT2D eigenvalue weighted by atomic mass is 10.0. The standard InChI is InChI=1S/C17H18F3N5/c1-24-11-14(9-22-24)25-6-2-3-13(10-25)23-16-5-4-12(8-21)7-15(16)17(18,19)20/h4-5,7,9,11,13,23H,2-3,6,10H2,1H3. The summed E-state index contributed by atoms with van der Waals surface area (Å²) in [6, 6.07) is 5.28. The summed E-state index contributed by atoms with van der Waals surface area (Å²) < 4.78 is 41.6. The summed E-state index contributed by atoms with van der Waals surface area (Å²) in [7, 11) is 1.83. The number of piperidine rings is 1. The van der Waals surface area contributed by atoms with Crippen molar-refractivity contribution in [3.8, 4) is 6.07 Å². The van der Waals surface area contributed by atoms with Crippen molar-refractivity contribution >= 4 is 11.4 Å². The molecule has 0 saturated carbocycles. The van der Waals surface area contributed by atoms with Crippen LogP contribution >= 0.6 is 0 Å². The molecule has 8 heteroatoms. The van der Waals surface area contributed by atoms with Gasteiger partial charge in [-0.15, -0.1) is 0 Å². The van der Waals surface area contributed by atoms with Gasteiger partial charge in [0.25, 0.3) is 0 Å². The number of nitrogens with zero attached hydrogens (tertiary/aromatic N) is 4. The Balaban J connectivity index is 1.79. The third kappa shape index (κ3) is 3.87. The van der Waals surface area contributed by atoms with Crippen LogP contribution in [0, 0.1) is 11.3 Å². The molecule has 1 aliphatic heterocycles. The maximum absolute atomic E-state index is 13.3. The third-order valence-electron chi connectivity index (χ3n) is 4.29. The van der Waals surface area contributed by atoms with Crippen molar-refractivity contribution < 1.29 is 13.2 Å². The smallest absolute Gasteiger partial charge is 0.380 e. The molecule has 0 radical (unpaired) electrons. The van der Waals surface area contributed by atoms with Crippen LogP contribution in [0.4, 0.5) is 24.5 Å². The normalized spacial score (nSPS) is 18.0. The average molecular weight is 349 g/mol. The molecular weight excluding hydrogens is 331 g/mol. The molecule has 0 aliphatic carbocycles. The zero-order valence-corrected chi connectivity index (χ0v) is 13.7. The molecule has 1 aromatic heterocycles. The zero-order chi connectivity index (χ0) is 18.0. The highest BCUT2D eigenvalue weighted by Gasteiger charge is 2.34. The fraction of sp³-hybridized carbons (Fsp3) is 0.412. The molecule has 1 unspecified atom stereocenters. The largest absolute Gasteiger partial charge is 0.418 e. The van der Waals surface area contributed by atoms with Crippen molar-refractivity contribution in [2.75, 3.05) is 23.3 Å². The molecule has 5 nitrogen and oxygen atoms in total. The summed E-state index contributed by atoms with van der Waals surface area (Å²) in [4.78, 5) is 2.12. The Bertz CT molecular complexity index is 790. The van der Waals surface area contributed by atoms with Crippen molar-refractivity contribution in [1.82, 2.24) is 9.78 Å². The minimum atomic E-state index is -4.51. The van der Waals surface area contributed by atoms with Gasteiger partial charge in [-0.2, -0.15) is 23.5 Å². The Morgan fingerprint density at radius 3 is 2.80 bits per heavy atom. The molecule has 1 aromatic carbocycles. The topological polar surface area (TPSA) is 56.9 Å². The molecule has 0 spiro atoms. The molecule has 2 heterocycles. The van der Waals surface area contributed by atoms with Crippen LogP contribution in [0.25, 0.3) is 0 Å². The molecule has 0 amide bonds. The van der Waals surface area contributed by atoms with Crippen LogP contribution in [0.3, 0.4) is 0 Å². The van der Waals surface area contributed by atoms with Crippen molar-refractivity contribution in [1.29, 1.82) is 5.26 Å². The van der Waals surface area contributed by atoms with Crippen LogP contribution in [0.1, 0.15) is 24.0 Å². The lowest BCUT2D eigenvalue weighted by Crippen LogP contribution is -2.42. The fourth-order valence-electron chi connectivity index (χ4n) is 3.10. The van der Waals surface area contributed by atoms with Gasteiger partial charge in [-0.05, 0) is 31.0 Å². The highest BCUT2D eigenvalue weighted by molar-refractivity contribution is 5.57. The van der Waals surface area contributed by atoms with Gasteiger partial charge >= 0.3 is 6.18 Å². The van der Waals surface area contributed by atoms with E-state index in [4.69, 9.17) is 5.26 Å². The van der Waals surface area contributed by atoms with Crippen LogP contribution in [-0.4, -0.2) is 28.9 Å². The Morgan fingerprint density at radius 1 is 1.36 bits per heavy atom. The first kappa shape index (κ1) is 17.1. The van der Waals surface area contributed by atoms with E-state index in [1.807, 2.05) is 13.2 Å². The number of alkyl halides is 3. The number of anilines is 2. The van der Waals surface area contributed by atoms with E-state index in [0.29, 0.717) is 6.54 Å². The monoisotopic (exact) mass is 349 g/mol. The second kappa shape index (κ2) is 6.67. The molecule has 1 aliphatic rings. The molecule has 1 N–H and O–H groups in total. The number of benzene rings is 1. The number of nitriles is 1. The van der Waals surface area contributed by atoms with E-state index >= 15 is 0 Å². The van der Waals surface area contributed by atoms with Gasteiger partial charge in [0.1, 0.15) is 0 Å². The van der Waals surface area contributed by atoms with Crippen LogP contribution < -0.4 is 10.2 Å². The third-order valence-corrected chi connectivity index (χ3v) is 4.29. The van der Waals surface area contributed by atoms with Crippen molar-refractivity contribution in [3.05, 3.63) is 41.7 Å². The van der Waals surface area contributed by atoms with E-state index in [-0.39, 0.29) is 17.3 Å². The number of nitrogens with one attached hydrogen (secondary N) is 1.